The zero-order chi connectivity index (χ0) is 16.7. The van der Waals surface area contributed by atoms with E-state index in [1.54, 1.807) is 18.4 Å². The number of quaternary nitrogens is 1. The van der Waals surface area contributed by atoms with Gasteiger partial charge in [-0.1, -0.05) is 6.58 Å². The Morgan fingerprint density at radius 1 is 1.35 bits per heavy atom. The Morgan fingerprint density at radius 3 is 2.65 bits per heavy atom. The number of nitrogens with one attached hydrogen (secondary N) is 2. The molecule has 0 bridgehead atoms. The van der Waals surface area contributed by atoms with E-state index < -0.39 is 0 Å². The largest absolute Gasteiger partial charge is 0.497 e. The molecule has 1 unspecified atom stereocenters. The number of anilines is 1. The summed E-state index contributed by atoms with van der Waals surface area (Å²) < 4.78 is 6.21. The highest BCUT2D eigenvalue weighted by molar-refractivity contribution is 9.11. The van der Waals surface area contributed by atoms with Crippen LogP contribution in [0.25, 0.3) is 0 Å². The number of hydrogen-bond acceptors (Lipinski definition) is 3. The van der Waals surface area contributed by atoms with Gasteiger partial charge in [-0.25, -0.2) is 0 Å². The fraction of sp³-hybridized carbons (Fsp3) is 0.235. The van der Waals surface area contributed by atoms with Crippen molar-refractivity contribution in [1.82, 2.24) is 0 Å². The van der Waals surface area contributed by atoms with Crippen molar-refractivity contribution in [3.05, 3.63) is 57.7 Å². The fourth-order valence-electron chi connectivity index (χ4n) is 2.21. The van der Waals surface area contributed by atoms with E-state index >= 15 is 0 Å². The number of rotatable bonds is 8. The Labute approximate surface area is 148 Å². The molecule has 2 N–H and O–H groups in total. The first-order valence-electron chi connectivity index (χ1n) is 7.23. The van der Waals surface area contributed by atoms with Gasteiger partial charge in [0.05, 0.1) is 22.3 Å². The molecule has 0 aliphatic rings. The summed E-state index contributed by atoms with van der Waals surface area (Å²) in [6, 6.07) is 11.4. The zero-order valence-corrected chi connectivity index (χ0v) is 15.4. The van der Waals surface area contributed by atoms with Gasteiger partial charge in [0, 0.05) is 5.69 Å². The minimum atomic E-state index is -0.0114. The maximum atomic E-state index is 12.2. The van der Waals surface area contributed by atoms with Crippen LogP contribution in [0.3, 0.4) is 0 Å². The van der Waals surface area contributed by atoms with Crippen molar-refractivity contribution in [3.63, 3.8) is 0 Å². The minimum Gasteiger partial charge on any atom is -0.497 e. The summed E-state index contributed by atoms with van der Waals surface area (Å²) in [7, 11) is 1.62. The third-order valence-corrected chi connectivity index (χ3v) is 4.89. The quantitative estimate of drug-likeness (QED) is 0.674. The molecule has 122 valence electrons. The number of methoxy groups -OCH3 is 1. The predicted octanol–water partition coefficient (Wildman–Crippen LogP) is 2.73. The Bertz CT molecular complexity index is 655. The lowest BCUT2D eigenvalue weighted by atomic mass is 10.3. The number of benzene rings is 1. The summed E-state index contributed by atoms with van der Waals surface area (Å²) >= 11 is 5.16. The van der Waals surface area contributed by atoms with E-state index in [0.29, 0.717) is 6.54 Å². The van der Waals surface area contributed by atoms with Crippen molar-refractivity contribution in [1.29, 1.82) is 0 Å². The van der Waals surface area contributed by atoms with Crippen molar-refractivity contribution in [3.8, 4) is 5.75 Å². The first kappa shape index (κ1) is 17.7. The van der Waals surface area contributed by atoms with Crippen molar-refractivity contribution < 1.29 is 14.4 Å². The second-order valence-electron chi connectivity index (χ2n) is 5.08. The zero-order valence-electron chi connectivity index (χ0n) is 13.0. The van der Waals surface area contributed by atoms with Crippen molar-refractivity contribution in [2.45, 2.75) is 6.54 Å². The summed E-state index contributed by atoms with van der Waals surface area (Å²) in [5, 5.41) is 2.92. The van der Waals surface area contributed by atoms with Gasteiger partial charge < -0.3 is 15.0 Å². The maximum absolute atomic E-state index is 12.2. The third kappa shape index (κ3) is 5.82. The lowest BCUT2D eigenvalue weighted by Gasteiger charge is -2.16. The van der Waals surface area contributed by atoms with Gasteiger partial charge in [0.15, 0.2) is 6.54 Å². The smallest absolute Gasteiger partial charge is 0.279 e. The molecule has 1 heterocycles. The van der Waals surface area contributed by atoms with E-state index in [4.69, 9.17) is 4.74 Å². The number of carbonyl (C=O) groups is 1. The molecule has 0 saturated heterocycles. The SMILES string of the molecule is C=CC[NH+](CC(=O)Nc1ccc(OC)cc1)Cc1ccc(Br)s1. The van der Waals surface area contributed by atoms with Crippen LogP contribution in [0.4, 0.5) is 5.69 Å². The highest BCUT2D eigenvalue weighted by atomic mass is 79.9. The van der Waals surface area contributed by atoms with Crippen LogP contribution in [0.5, 0.6) is 5.75 Å². The van der Waals surface area contributed by atoms with Crippen LogP contribution in [0.15, 0.2) is 52.8 Å². The first-order valence-corrected chi connectivity index (χ1v) is 8.84. The molecule has 2 aromatic rings. The van der Waals surface area contributed by atoms with E-state index in [0.717, 1.165) is 33.2 Å². The van der Waals surface area contributed by atoms with E-state index in [1.807, 2.05) is 36.4 Å². The molecule has 0 radical (unpaired) electrons. The average molecular weight is 396 g/mol. The van der Waals surface area contributed by atoms with Crippen LogP contribution in [-0.2, 0) is 11.3 Å². The summed E-state index contributed by atoms with van der Waals surface area (Å²) in [4.78, 5) is 14.6. The van der Waals surface area contributed by atoms with Crippen LogP contribution >= 0.6 is 27.3 Å². The highest BCUT2D eigenvalue weighted by Gasteiger charge is 2.15. The number of carbonyl (C=O) groups excluding carboxylic acids is 1. The monoisotopic (exact) mass is 395 g/mol. The minimum absolute atomic E-state index is 0.0114. The molecule has 23 heavy (non-hydrogen) atoms. The fourth-order valence-corrected chi connectivity index (χ4v) is 3.77. The highest BCUT2D eigenvalue weighted by Crippen LogP contribution is 2.21. The number of halogens is 1. The molecule has 0 spiro atoms. The van der Waals surface area contributed by atoms with Crippen LogP contribution in [0.2, 0.25) is 0 Å². The van der Waals surface area contributed by atoms with E-state index in [9.17, 15) is 4.79 Å². The van der Waals surface area contributed by atoms with Crippen LogP contribution in [0, 0.1) is 0 Å². The van der Waals surface area contributed by atoms with Gasteiger partial charge in [0.25, 0.3) is 5.91 Å². The Balaban J connectivity index is 1.92. The lowest BCUT2D eigenvalue weighted by Crippen LogP contribution is -3.11. The maximum Gasteiger partial charge on any atom is 0.279 e. The Kier molecular flexibility index (Phi) is 6.83. The van der Waals surface area contributed by atoms with Crippen LogP contribution in [-0.4, -0.2) is 26.1 Å². The molecule has 0 aliphatic heterocycles. The van der Waals surface area contributed by atoms with Gasteiger partial charge >= 0.3 is 0 Å². The lowest BCUT2D eigenvalue weighted by molar-refractivity contribution is -0.899. The van der Waals surface area contributed by atoms with Crippen LogP contribution < -0.4 is 15.0 Å². The van der Waals surface area contributed by atoms with Gasteiger partial charge in [-0.15, -0.1) is 11.3 Å². The molecular formula is C17H20BrN2O2S+. The number of thiophene rings is 1. The topological polar surface area (TPSA) is 42.8 Å². The van der Waals surface area contributed by atoms with Gasteiger partial charge in [-0.2, -0.15) is 0 Å². The Hall–Kier alpha value is -1.63. The molecule has 0 aliphatic carbocycles. The molecule has 0 saturated carbocycles. The first-order chi connectivity index (χ1) is 11.1. The summed E-state index contributed by atoms with van der Waals surface area (Å²) in [5.74, 6) is 0.757. The van der Waals surface area contributed by atoms with Crippen molar-refractivity contribution >= 4 is 38.9 Å². The molecule has 4 nitrogen and oxygen atoms in total. The van der Waals surface area contributed by atoms with Gasteiger partial charge in [-0.05, 0) is 58.4 Å². The van der Waals surface area contributed by atoms with Gasteiger partial charge in [-0.3, -0.25) is 4.79 Å². The number of hydrogen-bond donors (Lipinski definition) is 2. The second-order valence-corrected chi connectivity index (χ2v) is 7.63. The average Bonchev–Trinajstić information content (AvgIpc) is 2.93. The van der Waals surface area contributed by atoms with E-state index in [2.05, 4.69) is 33.9 Å². The molecule has 1 aromatic carbocycles. The summed E-state index contributed by atoms with van der Waals surface area (Å²) in [5.41, 5.74) is 0.771. The van der Waals surface area contributed by atoms with E-state index in [1.165, 1.54) is 4.88 Å². The summed E-state index contributed by atoms with van der Waals surface area (Å²) in [6.07, 6.45) is 1.85. The molecule has 1 atom stereocenters. The third-order valence-electron chi connectivity index (χ3n) is 3.27. The van der Waals surface area contributed by atoms with Gasteiger partial charge in [0.2, 0.25) is 0 Å². The van der Waals surface area contributed by atoms with Crippen LogP contribution in [0.1, 0.15) is 4.88 Å². The molecule has 1 aromatic heterocycles. The number of ether oxygens (including phenoxy) is 1. The van der Waals surface area contributed by atoms with Crippen molar-refractivity contribution in [2.24, 2.45) is 0 Å². The van der Waals surface area contributed by atoms with Gasteiger partial charge in [0.1, 0.15) is 12.3 Å². The second kappa shape index (κ2) is 8.86. The molecule has 2 rings (SSSR count). The standard InChI is InChI=1S/C17H19BrN2O2S/c1-3-10-20(11-15-8-9-16(18)23-15)12-17(21)19-13-4-6-14(22-2)7-5-13/h3-9H,1,10-12H2,2H3,(H,19,21)/p+1. The molecule has 1 amide bonds. The predicted molar refractivity (Wildman–Crippen MR) is 98.2 cm³/mol. The molecular weight excluding hydrogens is 376 g/mol. The molecule has 6 heteroatoms. The Morgan fingerprint density at radius 2 is 2.09 bits per heavy atom. The van der Waals surface area contributed by atoms with E-state index in [-0.39, 0.29) is 5.91 Å². The normalized spacial score (nSPS) is 11.7. The van der Waals surface area contributed by atoms with Crippen molar-refractivity contribution in [2.75, 3.05) is 25.5 Å². The molecule has 0 fully saturated rings. The number of amides is 1. The summed E-state index contributed by atoms with van der Waals surface area (Å²) in [6.45, 7) is 5.73.